The van der Waals surface area contributed by atoms with E-state index in [0.717, 1.165) is 22.1 Å². The second-order valence-corrected chi connectivity index (χ2v) is 8.86. The molecule has 3 aromatic heterocycles. The summed E-state index contributed by atoms with van der Waals surface area (Å²) in [5.74, 6) is 2.75. The van der Waals surface area contributed by atoms with Crippen molar-refractivity contribution in [1.82, 2.24) is 25.0 Å². The van der Waals surface area contributed by atoms with Crippen LogP contribution in [0.3, 0.4) is 0 Å². The van der Waals surface area contributed by atoms with Crippen LogP contribution in [0.2, 0.25) is 5.02 Å². The van der Waals surface area contributed by atoms with Crippen molar-refractivity contribution in [3.8, 4) is 33.6 Å². The van der Waals surface area contributed by atoms with Crippen LogP contribution in [0.4, 0.5) is 0 Å². The Labute approximate surface area is 197 Å². The first kappa shape index (κ1) is 20.7. The molecule has 0 saturated carbocycles. The van der Waals surface area contributed by atoms with Crippen molar-refractivity contribution in [2.24, 2.45) is 0 Å². The number of hydrogen-bond donors (Lipinski definition) is 0. The van der Waals surface area contributed by atoms with Crippen LogP contribution < -0.4 is 4.74 Å². The summed E-state index contributed by atoms with van der Waals surface area (Å²) in [6.45, 7) is 0. The molecule has 10 heteroatoms. The number of halogens is 1. The average molecular weight is 482 g/mol. The zero-order valence-corrected chi connectivity index (χ0v) is 19.2. The zero-order valence-electron chi connectivity index (χ0n) is 16.8. The zero-order chi connectivity index (χ0) is 21.9. The SMILES string of the molecule is COc1ccccc1-n1c(SCc2nnc(-c3ccccc3Cl)o2)nnc1-c1cccs1. The van der Waals surface area contributed by atoms with Crippen LogP contribution in [-0.2, 0) is 5.75 Å². The average Bonchev–Trinajstić information content (AvgIpc) is 3.58. The van der Waals surface area contributed by atoms with Crippen LogP contribution >= 0.6 is 34.7 Å². The van der Waals surface area contributed by atoms with Gasteiger partial charge in [0.1, 0.15) is 5.75 Å². The number of thiophene rings is 1. The molecule has 0 aliphatic carbocycles. The minimum Gasteiger partial charge on any atom is -0.495 e. The van der Waals surface area contributed by atoms with Gasteiger partial charge in [0.25, 0.3) is 0 Å². The Kier molecular flexibility index (Phi) is 5.93. The number of benzene rings is 2. The number of rotatable bonds is 7. The largest absolute Gasteiger partial charge is 0.495 e. The number of hydrogen-bond acceptors (Lipinski definition) is 8. The summed E-state index contributed by atoms with van der Waals surface area (Å²) in [4.78, 5) is 1.01. The van der Waals surface area contributed by atoms with Gasteiger partial charge >= 0.3 is 0 Å². The van der Waals surface area contributed by atoms with Gasteiger partial charge in [0, 0.05) is 0 Å². The van der Waals surface area contributed by atoms with Gasteiger partial charge in [-0.3, -0.25) is 4.57 Å². The van der Waals surface area contributed by atoms with E-state index in [1.165, 1.54) is 11.8 Å². The van der Waals surface area contributed by atoms with Crippen molar-refractivity contribution >= 4 is 34.7 Å². The van der Waals surface area contributed by atoms with Crippen molar-refractivity contribution in [2.75, 3.05) is 7.11 Å². The standard InChI is InChI=1S/C22H16ClN5O2S2/c1-29-17-10-5-4-9-16(17)28-20(18-11-6-12-31-18)25-27-22(28)32-13-19-24-26-21(30-19)14-7-2-3-8-15(14)23/h2-12H,13H2,1H3. The highest BCUT2D eigenvalue weighted by Gasteiger charge is 2.20. The smallest absolute Gasteiger partial charge is 0.249 e. The normalized spacial score (nSPS) is 11.1. The molecule has 5 rings (SSSR count). The lowest BCUT2D eigenvalue weighted by molar-refractivity contribution is 0.412. The number of ether oxygens (including phenoxy) is 1. The number of para-hydroxylation sites is 2. The molecular formula is C22H16ClN5O2S2. The van der Waals surface area contributed by atoms with E-state index in [2.05, 4.69) is 20.4 Å². The van der Waals surface area contributed by atoms with Gasteiger partial charge < -0.3 is 9.15 Å². The predicted octanol–water partition coefficient (Wildman–Crippen LogP) is 6.00. The van der Waals surface area contributed by atoms with Crippen LogP contribution in [0.5, 0.6) is 5.75 Å². The van der Waals surface area contributed by atoms with Crippen LogP contribution in [0.25, 0.3) is 27.8 Å². The Morgan fingerprint density at radius 2 is 1.84 bits per heavy atom. The van der Waals surface area contributed by atoms with Gasteiger partial charge in [-0.05, 0) is 35.7 Å². The topological polar surface area (TPSA) is 78.9 Å². The highest BCUT2D eigenvalue weighted by Crippen LogP contribution is 2.35. The van der Waals surface area contributed by atoms with Gasteiger partial charge in [0.15, 0.2) is 11.0 Å². The number of methoxy groups -OCH3 is 1. The molecule has 2 aromatic carbocycles. The minimum atomic E-state index is 0.386. The Balaban J connectivity index is 1.47. The van der Waals surface area contributed by atoms with Gasteiger partial charge in [-0.2, -0.15) is 0 Å². The third kappa shape index (κ3) is 4.02. The minimum absolute atomic E-state index is 0.386. The molecule has 0 amide bonds. The molecule has 3 heterocycles. The van der Waals surface area contributed by atoms with Crippen molar-refractivity contribution in [2.45, 2.75) is 10.9 Å². The maximum Gasteiger partial charge on any atom is 0.249 e. The molecule has 0 saturated heterocycles. The Hall–Kier alpha value is -3.14. The van der Waals surface area contributed by atoms with Crippen LogP contribution in [-0.4, -0.2) is 32.1 Å². The maximum absolute atomic E-state index is 6.24. The molecular weight excluding hydrogens is 466 g/mol. The molecule has 5 aromatic rings. The van der Waals surface area contributed by atoms with E-state index in [1.54, 1.807) is 24.5 Å². The highest BCUT2D eigenvalue weighted by atomic mass is 35.5. The van der Waals surface area contributed by atoms with Crippen molar-refractivity contribution in [3.63, 3.8) is 0 Å². The van der Waals surface area contributed by atoms with Gasteiger partial charge in [0.05, 0.1) is 34.0 Å². The van der Waals surface area contributed by atoms with Gasteiger partial charge in [-0.25, -0.2) is 0 Å². The summed E-state index contributed by atoms with van der Waals surface area (Å²) in [5, 5.41) is 20.5. The lowest BCUT2D eigenvalue weighted by Crippen LogP contribution is -2.01. The fourth-order valence-electron chi connectivity index (χ4n) is 3.14. The van der Waals surface area contributed by atoms with E-state index in [1.807, 2.05) is 64.5 Å². The molecule has 0 N–H and O–H groups in total. The molecule has 0 unspecified atom stereocenters. The lowest BCUT2D eigenvalue weighted by atomic mass is 10.2. The second-order valence-electron chi connectivity index (χ2n) is 6.56. The molecule has 160 valence electrons. The number of aromatic nitrogens is 5. The quantitative estimate of drug-likeness (QED) is 0.264. The first-order valence-corrected chi connectivity index (χ1v) is 11.8. The van der Waals surface area contributed by atoms with E-state index in [9.17, 15) is 0 Å². The Morgan fingerprint density at radius 1 is 1.00 bits per heavy atom. The summed E-state index contributed by atoms with van der Waals surface area (Å²) < 4.78 is 13.4. The summed E-state index contributed by atoms with van der Waals surface area (Å²) >= 11 is 9.30. The third-order valence-corrected chi connectivity index (χ3v) is 6.71. The lowest BCUT2D eigenvalue weighted by Gasteiger charge is -2.12. The van der Waals surface area contributed by atoms with Crippen LogP contribution in [0.15, 0.2) is 75.6 Å². The van der Waals surface area contributed by atoms with E-state index in [0.29, 0.717) is 33.3 Å². The van der Waals surface area contributed by atoms with Crippen LogP contribution in [0, 0.1) is 0 Å². The molecule has 0 aliphatic heterocycles. The van der Waals surface area contributed by atoms with Gasteiger partial charge in [0.2, 0.25) is 11.8 Å². The first-order chi connectivity index (χ1) is 15.7. The van der Waals surface area contributed by atoms with Gasteiger partial charge in [-0.15, -0.1) is 31.7 Å². The second kappa shape index (κ2) is 9.15. The molecule has 0 atom stereocenters. The third-order valence-electron chi connectivity index (χ3n) is 4.60. The summed E-state index contributed by atoms with van der Waals surface area (Å²) in [5.41, 5.74) is 1.56. The maximum atomic E-state index is 6.24. The molecule has 0 aliphatic rings. The number of nitrogens with zero attached hydrogens (tertiary/aromatic N) is 5. The number of thioether (sulfide) groups is 1. The first-order valence-electron chi connectivity index (χ1n) is 9.57. The van der Waals surface area contributed by atoms with E-state index < -0.39 is 0 Å². The van der Waals surface area contributed by atoms with Crippen molar-refractivity contribution < 1.29 is 9.15 Å². The molecule has 0 bridgehead atoms. The van der Waals surface area contributed by atoms with Gasteiger partial charge in [-0.1, -0.05) is 53.7 Å². The van der Waals surface area contributed by atoms with E-state index in [4.69, 9.17) is 20.8 Å². The Morgan fingerprint density at radius 3 is 2.66 bits per heavy atom. The van der Waals surface area contributed by atoms with Crippen molar-refractivity contribution in [1.29, 1.82) is 0 Å². The molecule has 0 spiro atoms. The Bertz CT molecular complexity index is 1350. The summed E-state index contributed by atoms with van der Waals surface area (Å²) in [6, 6.07) is 19.1. The highest BCUT2D eigenvalue weighted by molar-refractivity contribution is 7.98. The van der Waals surface area contributed by atoms with E-state index >= 15 is 0 Å². The van der Waals surface area contributed by atoms with E-state index in [-0.39, 0.29) is 0 Å². The fourth-order valence-corrected chi connectivity index (χ4v) is 4.84. The molecule has 0 radical (unpaired) electrons. The molecule has 0 fully saturated rings. The fraction of sp³-hybridized carbons (Fsp3) is 0.0909. The monoisotopic (exact) mass is 481 g/mol. The molecule has 7 nitrogen and oxygen atoms in total. The summed E-state index contributed by atoms with van der Waals surface area (Å²) in [7, 11) is 1.65. The predicted molar refractivity (Wildman–Crippen MR) is 126 cm³/mol. The molecule has 32 heavy (non-hydrogen) atoms. The van der Waals surface area contributed by atoms with Crippen molar-refractivity contribution in [3.05, 3.63) is 77.0 Å². The summed E-state index contributed by atoms with van der Waals surface area (Å²) in [6.07, 6.45) is 0. The van der Waals surface area contributed by atoms with Crippen LogP contribution in [0.1, 0.15) is 5.89 Å².